The smallest absolute Gasteiger partial charge is 0.231 e. The molecule has 0 amide bonds. The largest absolute Gasteiger partial charge is 0.497 e. The first-order chi connectivity index (χ1) is 12.7. The van der Waals surface area contributed by atoms with Crippen LogP contribution in [0.1, 0.15) is 23.8 Å². The Morgan fingerprint density at radius 1 is 1.23 bits per heavy atom. The molecule has 1 aliphatic heterocycles. The van der Waals surface area contributed by atoms with Gasteiger partial charge in [0.1, 0.15) is 11.6 Å². The number of methoxy groups -OCH3 is 1. The average Bonchev–Trinajstić information content (AvgIpc) is 3.33. The van der Waals surface area contributed by atoms with Gasteiger partial charge < -0.3 is 9.26 Å². The molecule has 1 fully saturated rings. The van der Waals surface area contributed by atoms with Crippen molar-refractivity contribution >= 4 is 0 Å². The Bertz CT molecular complexity index is 896. The van der Waals surface area contributed by atoms with Gasteiger partial charge in [-0.3, -0.25) is 4.90 Å². The van der Waals surface area contributed by atoms with Crippen molar-refractivity contribution in [2.24, 2.45) is 0 Å². The van der Waals surface area contributed by atoms with Crippen LogP contribution >= 0.6 is 0 Å². The number of hydrogen-bond donors (Lipinski definition) is 0. The summed E-state index contributed by atoms with van der Waals surface area (Å²) >= 11 is 0. The van der Waals surface area contributed by atoms with Crippen LogP contribution in [0.5, 0.6) is 5.75 Å². The monoisotopic (exact) mass is 353 g/mol. The fraction of sp³-hybridized carbons (Fsp3) is 0.300. The van der Waals surface area contributed by atoms with Crippen LogP contribution in [-0.2, 0) is 6.54 Å². The maximum atomic E-state index is 13.8. The van der Waals surface area contributed by atoms with Crippen LogP contribution in [0.15, 0.2) is 53.1 Å². The third kappa shape index (κ3) is 3.46. The topological polar surface area (TPSA) is 51.4 Å². The van der Waals surface area contributed by atoms with Gasteiger partial charge in [0.05, 0.1) is 13.0 Å². The second-order valence-corrected chi connectivity index (χ2v) is 6.50. The average molecular weight is 353 g/mol. The molecule has 134 valence electrons. The first kappa shape index (κ1) is 16.7. The molecule has 0 N–H and O–H groups in total. The second-order valence-electron chi connectivity index (χ2n) is 6.50. The highest BCUT2D eigenvalue weighted by molar-refractivity contribution is 5.56. The Balaban J connectivity index is 1.44. The molecule has 0 radical (unpaired) electrons. The van der Waals surface area contributed by atoms with Crippen LogP contribution in [-0.4, -0.2) is 35.2 Å². The molecular weight excluding hydrogens is 333 g/mol. The van der Waals surface area contributed by atoms with E-state index in [-0.39, 0.29) is 11.7 Å². The van der Waals surface area contributed by atoms with E-state index in [1.54, 1.807) is 13.2 Å². The highest BCUT2D eigenvalue weighted by atomic mass is 19.1. The van der Waals surface area contributed by atoms with Crippen LogP contribution in [0.4, 0.5) is 4.39 Å². The summed E-state index contributed by atoms with van der Waals surface area (Å²) in [4.78, 5) is 6.78. The molecule has 1 atom stereocenters. The lowest BCUT2D eigenvalue weighted by Crippen LogP contribution is -2.20. The number of halogens is 1. The van der Waals surface area contributed by atoms with Gasteiger partial charge in [-0.05, 0) is 31.2 Å². The van der Waals surface area contributed by atoms with Crippen molar-refractivity contribution in [1.82, 2.24) is 15.0 Å². The fourth-order valence-electron chi connectivity index (χ4n) is 3.33. The van der Waals surface area contributed by atoms with E-state index < -0.39 is 0 Å². The van der Waals surface area contributed by atoms with Crippen LogP contribution in [0.3, 0.4) is 0 Å². The van der Waals surface area contributed by atoms with Crippen molar-refractivity contribution in [2.45, 2.75) is 18.9 Å². The van der Waals surface area contributed by atoms with Crippen molar-refractivity contribution in [1.29, 1.82) is 0 Å². The van der Waals surface area contributed by atoms with Gasteiger partial charge in [0.2, 0.25) is 11.7 Å². The Hall–Kier alpha value is -2.73. The van der Waals surface area contributed by atoms with E-state index in [0.717, 1.165) is 36.4 Å². The number of hydrogen-bond acceptors (Lipinski definition) is 5. The van der Waals surface area contributed by atoms with Gasteiger partial charge in [-0.2, -0.15) is 4.98 Å². The summed E-state index contributed by atoms with van der Waals surface area (Å²) < 4.78 is 24.6. The molecule has 3 aromatic rings. The van der Waals surface area contributed by atoms with E-state index in [4.69, 9.17) is 9.26 Å². The Morgan fingerprint density at radius 2 is 2.12 bits per heavy atom. The van der Waals surface area contributed by atoms with E-state index in [0.29, 0.717) is 18.3 Å². The zero-order chi connectivity index (χ0) is 17.9. The summed E-state index contributed by atoms with van der Waals surface area (Å²) in [6, 6.07) is 14.5. The SMILES string of the molecule is COc1cccc(-c2noc([C@H]3CCN(Cc4ccccc4F)C3)n2)c1. The third-order valence-corrected chi connectivity index (χ3v) is 4.74. The molecule has 0 bridgehead atoms. The van der Waals surface area contributed by atoms with E-state index in [2.05, 4.69) is 15.0 Å². The molecule has 0 unspecified atom stereocenters. The minimum atomic E-state index is -0.158. The van der Waals surface area contributed by atoms with Crippen LogP contribution < -0.4 is 4.74 Å². The van der Waals surface area contributed by atoms with Gasteiger partial charge in [0.25, 0.3) is 0 Å². The van der Waals surface area contributed by atoms with Gasteiger partial charge in [-0.1, -0.05) is 35.5 Å². The second kappa shape index (κ2) is 7.25. The highest BCUT2D eigenvalue weighted by Gasteiger charge is 2.29. The Morgan fingerprint density at radius 3 is 2.96 bits per heavy atom. The van der Waals surface area contributed by atoms with Crippen molar-refractivity contribution in [3.63, 3.8) is 0 Å². The molecule has 5 nitrogen and oxygen atoms in total. The summed E-state index contributed by atoms with van der Waals surface area (Å²) in [5.74, 6) is 1.97. The normalized spacial score (nSPS) is 17.5. The van der Waals surface area contributed by atoms with E-state index >= 15 is 0 Å². The minimum absolute atomic E-state index is 0.158. The first-order valence-electron chi connectivity index (χ1n) is 8.66. The van der Waals surface area contributed by atoms with Gasteiger partial charge in [0.15, 0.2) is 0 Å². The standard InChI is InChI=1S/C20H20FN3O2/c1-25-17-7-4-6-14(11-17)19-22-20(26-23-19)16-9-10-24(13-16)12-15-5-2-3-8-18(15)21/h2-8,11,16H,9-10,12-13H2,1H3/t16-/m0/s1. The maximum absolute atomic E-state index is 13.8. The Labute approximate surface area is 151 Å². The van der Waals surface area contributed by atoms with E-state index in [1.807, 2.05) is 36.4 Å². The molecule has 0 spiro atoms. The maximum Gasteiger partial charge on any atom is 0.231 e. The lowest BCUT2D eigenvalue weighted by molar-refractivity contribution is 0.305. The van der Waals surface area contributed by atoms with Crippen LogP contribution in [0, 0.1) is 5.82 Å². The number of ether oxygens (including phenoxy) is 1. The predicted octanol–water partition coefficient (Wildman–Crippen LogP) is 3.87. The molecule has 26 heavy (non-hydrogen) atoms. The van der Waals surface area contributed by atoms with E-state index in [1.165, 1.54) is 6.07 Å². The summed E-state index contributed by atoms with van der Waals surface area (Å²) in [6.45, 7) is 2.27. The summed E-state index contributed by atoms with van der Waals surface area (Å²) in [5, 5.41) is 4.11. The molecule has 6 heteroatoms. The van der Waals surface area contributed by atoms with Crippen molar-refractivity contribution < 1.29 is 13.7 Å². The molecular formula is C20H20FN3O2. The number of nitrogens with zero attached hydrogens (tertiary/aromatic N) is 3. The number of likely N-dealkylation sites (tertiary alicyclic amines) is 1. The molecule has 1 aliphatic rings. The highest BCUT2D eigenvalue weighted by Crippen LogP contribution is 2.29. The molecule has 2 aromatic carbocycles. The number of aromatic nitrogens is 2. The van der Waals surface area contributed by atoms with Gasteiger partial charge in [0, 0.05) is 24.2 Å². The van der Waals surface area contributed by atoms with Crippen LogP contribution in [0.25, 0.3) is 11.4 Å². The lowest BCUT2D eigenvalue weighted by Gasteiger charge is -2.15. The summed E-state index contributed by atoms with van der Waals surface area (Å²) in [6.07, 6.45) is 0.925. The third-order valence-electron chi connectivity index (χ3n) is 4.74. The van der Waals surface area contributed by atoms with Gasteiger partial charge in [-0.15, -0.1) is 0 Å². The van der Waals surface area contributed by atoms with Crippen molar-refractivity contribution in [3.05, 3.63) is 65.8 Å². The number of rotatable bonds is 5. The predicted molar refractivity (Wildman–Crippen MR) is 95.3 cm³/mol. The number of benzene rings is 2. The summed E-state index contributed by atoms with van der Waals surface area (Å²) in [7, 11) is 1.63. The lowest BCUT2D eigenvalue weighted by atomic mass is 10.1. The Kier molecular flexibility index (Phi) is 4.67. The zero-order valence-electron chi connectivity index (χ0n) is 14.6. The molecule has 1 aromatic heterocycles. The fourth-order valence-corrected chi connectivity index (χ4v) is 3.33. The molecule has 4 rings (SSSR count). The molecule has 0 aliphatic carbocycles. The molecule has 1 saturated heterocycles. The quantitative estimate of drug-likeness (QED) is 0.697. The van der Waals surface area contributed by atoms with Gasteiger partial charge >= 0.3 is 0 Å². The first-order valence-corrected chi connectivity index (χ1v) is 8.66. The summed E-state index contributed by atoms with van der Waals surface area (Å²) in [5.41, 5.74) is 1.58. The zero-order valence-corrected chi connectivity index (χ0v) is 14.6. The minimum Gasteiger partial charge on any atom is -0.497 e. The van der Waals surface area contributed by atoms with E-state index in [9.17, 15) is 4.39 Å². The van der Waals surface area contributed by atoms with Crippen molar-refractivity contribution in [2.75, 3.05) is 20.2 Å². The molecule has 2 heterocycles. The van der Waals surface area contributed by atoms with Crippen molar-refractivity contribution in [3.8, 4) is 17.1 Å². The molecule has 0 saturated carbocycles. The van der Waals surface area contributed by atoms with Gasteiger partial charge in [-0.25, -0.2) is 4.39 Å². The van der Waals surface area contributed by atoms with Crippen LogP contribution in [0.2, 0.25) is 0 Å².